The Hall–Kier alpha value is -3.67. The van der Waals surface area contributed by atoms with Gasteiger partial charge in [0.1, 0.15) is 0 Å². The summed E-state index contributed by atoms with van der Waals surface area (Å²) in [5, 5.41) is 21.7. The zero-order valence-electron chi connectivity index (χ0n) is 15.7. The van der Waals surface area contributed by atoms with Gasteiger partial charge in [0.2, 0.25) is 5.75 Å². The number of aliphatic imine (C=N–C) groups is 1. The predicted octanol–water partition coefficient (Wildman–Crippen LogP) is 4.71. The van der Waals surface area contributed by atoms with Gasteiger partial charge in [0.05, 0.1) is 10.6 Å². The van der Waals surface area contributed by atoms with Gasteiger partial charge < -0.3 is 10.0 Å². The molecule has 0 aliphatic carbocycles. The molecule has 6 heteroatoms. The van der Waals surface area contributed by atoms with Gasteiger partial charge in [-0.3, -0.25) is 15.1 Å². The van der Waals surface area contributed by atoms with E-state index >= 15 is 0 Å². The largest absolute Gasteiger partial charge is 0.502 e. The van der Waals surface area contributed by atoms with Gasteiger partial charge in [0, 0.05) is 37.6 Å². The molecule has 3 aromatic rings. The number of nitrogens with zero attached hydrogens (tertiary/aromatic N) is 3. The molecule has 6 nitrogen and oxygen atoms in total. The maximum absolute atomic E-state index is 11.4. The Morgan fingerprint density at radius 1 is 1.04 bits per heavy atom. The maximum atomic E-state index is 11.4. The summed E-state index contributed by atoms with van der Waals surface area (Å²) in [5.74, 6) is -0.379. The second-order valence-corrected chi connectivity index (χ2v) is 6.64. The first-order chi connectivity index (χ1) is 13.4. The third-order valence-corrected chi connectivity index (χ3v) is 4.35. The molecule has 0 unspecified atom stereocenters. The van der Waals surface area contributed by atoms with E-state index in [1.54, 1.807) is 6.07 Å². The molecule has 0 heterocycles. The zero-order valence-corrected chi connectivity index (χ0v) is 15.7. The van der Waals surface area contributed by atoms with E-state index in [0.717, 1.165) is 16.8 Å². The van der Waals surface area contributed by atoms with Crippen molar-refractivity contribution in [3.05, 3.63) is 93.5 Å². The minimum absolute atomic E-state index is 0.316. The van der Waals surface area contributed by atoms with Gasteiger partial charge in [-0.25, -0.2) is 0 Å². The van der Waals surface area contributed by atoms with Crippen molar-refractivity contribution in [1.29, 1.82) is 0 Å². The van der Waals surface area contributed by atoms with Crippen molar-refractivity contribution in [2.75, 3.05) is 19.0 Å². The van der Waals surface area contributed by atoms with Crippen LogP contribution in [0.2, 0.25) is 0 Å². The van der Waals surface area contributed by atoms with Gasteiger partial charge in [-0.15, -0.1) is 0 Å². The third-order valence-electron chi connectivity index (χ3n) is 4.35. The number of phenolic OH excluding ortho intramolecular Hbond substituents is 1. The number of phenols is 1. The molecule has 0 aliphatic rings. The van der Waals surface area contributed by atoms with Crippen molar-refractivity contribution in [3.8, 4) is 5.75 Å². The minimum atomic E-state index is -0.576. The quantitative estimate of drug-likeness (QED) is 0.384. The fraction of sp³-hybridized carbons (Fsp3) is 0.136. The van der Waals surface area contributed by atoms with Crippen molar-refractivity contribution in [2.24, 2.45) is 4.99 Å². The maximum Gasteiger partial charge on any atom is 0.311 e. The lowest BCUT2D eigenvalue weighted by molar-refractivity contribution is -0.385. The van der Waals surface area contributed by atoms with Gasteiger partial charge in [0.15, 0.2) is 0 Å². The summed E-state index contributed by atoms with van der Waals surface area (Å²) in [6.07, 6.45) is 1.99. The van der Waals surface area contributed by atoms with Crippen LogP contribution in [-0.2, 0) is 6.42 Å². The average Bonchev–Trinajstić information content (AvgIpc) is 2.69. The second kappa shape index (κ2) is 8.35. The van der Waals surface area contributed by atoms with Crippen LogP contribution in [0.1, 0.15) is 16.7 Å². The first-order valence-corrected chi connectivity index (χ1v) is 8.79. The number of anilines is 1. The normalized spacial score (nSPS) is 10.9. The van der Waals surface area contributed by atoms with E-state index in [2.05, 4.69) is 4.99 Å². The van der Waals surface area contributed by atoms with Crippen molar-refractivity contribution in [3.63, 3.8) is 0 Å². The Bertz CT molecular complexity index is 998. The van der Waals surface area contributed by atoms with Crippen LogP contribution >= 0.6 is 0 Å². The number of hydrogen-bond donors (Lipinski definition) is 1. The van der Waals surface area contributed by atoms with Crippen LogP contribution in [0.25, 0.3) is 0 Å². The number of benzene rings is 3. The van der Waals surface area contributed by atoms with E-state index in [1.165, 1.54) is 12.3 Å². The Balaban J connectivity index is 1.93. The van der Waals surface area contributed by atoms with Crippen LogP contribution in [-0.4, -0.2) is 30.3 Å². The van der Waals surface area contributed by atoms with Gasteiger partial charge in [0.25, 0.3) is 0 Å². The molecule has 0 aromatic heterocycles. The van der Waals surface area contributed by atoms with Crippen LogP contribution in [0.15, 0.2) is 71.7 Å². The Kier molecular flexibility index (Phi) is 5.69. The molecule has 0 aliphatic heterocycles. The number of nitro groups is 1. The predicted molar refractivity (Wildman–Crippen MR) is 112 cm³/mol. The number of rotatable bonds is 6. The lowest BCUT2D eigenvalue weighted by Gasteiger charge is -2.11. The van der Waals surface area contributed by atoms with Crippen LogP contribution in [0.4, 0.5) is 17.1 Å². The van der Waals surface area contributed by atoms with Crippen molar-refractivity contribution < 1.29 is 10.0 Å². The zero-order chi connectivity index (χ0) is 20.1. The fourth-order valence-corrected chi connectivity index (χ4v) is 2.85. The van der Waals surface area contributed by atoms with Crippen molar-refractivity contribution in [2.45, 2.75) is 6.42 Å². The second-order valence-electron chi connectivity index (χ2n) is 6.64. The summed E-state index contributed by atoms with van der Waals surface area (Å²) in [4.78, 5) is 17.1. The van der Waals surface area contributed by atoms with Gasteiger partial charge in [-0.05, 0) is 47.9 Å². The number of hydrogen-bond acceptors (Lipinski definition) is 5. The molecular weight excluding hydrogens is 354 g/mol. The summed E-state index contributed by atoms with van der Waals surface area (Å²) in [6.45, 7) is 0. The summed E-state index contributed by atoms with van der Waals surface area (Å²) < 4.78 is 0. The molecule has 3 rings (SSSR count). The molecule has 0 saturated heterocycles. The highest BCUT2D eigenvalue weighted by Crippen LogP contribution is 2.31. The number of aromatic hydroxyl groups is 1. The smallest absolute Gasteiger partial charge is 0.311 e. The lowest BCUT2D eigenvalue weighted by atomic mass is 10.0. The summed E-state index contributed by atoms with van der Waals surface area (Å²) in [5.41, 5.74) is 3.50. The van der Waals surface area contributed by atoms with E-state index in [9.17, 15) is 15.2 Å². The molecule has 0 radical (unpaired) electrons. The molecular formula is C22H21N3O3. The first-order valence-electron chi connectivity index (χ1n) is 8.79. The highest BCUT2D eigenvalue weighted by atomic mass is 16.6. The SMILES string of the molecule is CN(C)c1ccc(N=Cc2cc(Cc3ccccc3)cc([N+](=O)[O-])c2O)cc1. The van der Waals surface area contributed by atoms with E-state index in [1.807, 2.05) is 73.6 Å². The summed E-state index contributed by atoms with van der Waals surface area (Å²) in [7, 11) is 3.90. The van der Waals surface area contributed by atoms with E-state index in [4.69, 9.17) is 0 Å². The van der Waals surface area contributed by atoms with Gasteiger partial charge >= 0.3 is 5.69 Å². The molecule has 0 bridgehead atoms. The first kappa shape index (κ1) is 19.1. The van der Waals surface area contributed by atoms with Crippen molar-refractivity contribution >= 4 is 23.3 Å². The number of nitro benzene ring substituents is 1. The summed E-state index contributed by atoms with van der Waals surface area (Å²) >= 11 is 0. The van der Waals surface area contributed by atoms with E-state index in [-0.39, 0.29) is 11.4 Å². The standard InChI is InChI=1S/C22H21N3O3/c1-24(2)20-10-8-19(9-11-20)23-15-18-13-17(12-16-6-4-3-5-7-16)14-21(22(18)26)25(27)28/h3-11,13-15,26H,12H2,1-2H3. The molecule has 0 amide bonds. The molecule has 0 atom stereocenters. The highest BCUT2D eigenvalue weighted by Gasteiger charge is 2.18. The van der Waals surface area contributed by atoms with Crippen molar-refractivity contribution in [1.82, 2.24) is 0 Å². The Morgan fingerprint density at radius 3 is 2.32 bits per heavy atom. The molecule has 28 heavy (non-hydrogen) atoms. The van der Waals surface area contributed by atoms with Crippen LogP contribution < -0.4 is 4.90 Å². The van der Waals surface area contributed by atoms with Crippen LogP contribution in [0, 0.1) is 10.1 Å². The van der Waals surface area contributed by atoms with Gasteiger partial charge in [-0.1, -0.05) is 30.3 Å². The third kappa shape index (κ3) is 4.54. The topological polar surface area (TPSA) is 79.0 Å². The molecule has 1 N–H and O–H groups in total. The van der Waals surface area contributed by atoms with Gasteiger partial charge in [-0.2, -0.15) is 0 Å². The molecule has 0 spiro atoms. The van der Waals surface area contributed by atoms with E-state index < -0.39 is 4.92 Å². The molecule has 0 saturated carbocycles. The lowest BCUT2D eigenvalue weighted by Crippen LogP contribution is -2.07. The fourth-order valence-electron chi connectivity index (χ4n) is 2.85. The Labute approximate surface area is 163 Å². The molecule has 0 fully saturated rings. The highest BCUT2D eigenvalue weighted by molar-refractivity contribution is 5.88. The van der Waals surface area contributed by atoms with Crippen LogP contribution in [0.5, 0.6) is 5.75 Å². The van der Waals surface area contributed by atoms with Crippen LogP contribution in [0.3, 0.4) is 0 Å². The Morgan fingerprint density at radius 2 is 1.71 bits per heavy atom. The monoisotopic (exact) mass is 375 g/mol. The van der Waals surface area contributed by atoms with E-state index in [0.29, 0.717) is 17.7 Å². The molecule has 142 valence electrons. The summed E-state index contributed by atoms with van der Waals surface area (Å²) in [6, 6.07) is 20.4. The molecule has 3 aromatic carbocycles. The minimum Gasteiger partial charge on any atom is -0.502 e. The average molecular weight is 375 g/mol.